The normalized spacial score (nSPS) is 53.5. The van der Waals surface area contributed by atoms with Crippen molar-refractivity contribution in [1.29, 1.82) is 0 Å². The number of ketones is 1. The van der Waals surface area contributed by atoms with Crippen molar-refractivity contribution in [2.75, 3.05) is 11.5 Å². The Morgan fingerprint density at radius 3 is 2.35 bits per heavy atom. The minimum atomic E-state index is 0.396. The van der Waals surface area contributed by atoms with Crippen LogP contribution in [0.1, 0.15) is 65.2 Å². The summed E-state index contributed by atoms with van der Waals surface area (Å²) in [5, 5.41) is 0. The van der Waals surface area contributed by atoms with Gasteiger partial charge in [-0.2, -0.15) is 11.8 Å². The van der Waals surface area contributed by atoms with E-state index in [4.69, 9.17) is 0 Å². The molecule has 5 aliphatic rings. The van der Waals surface area contributed by atoms with Gasteiger partial charge in [0.1, 0.15) is 5.78 Å². The summed E-state index contributed by atoms with van der Waals surface area (Å²) in [5.41, 5.74) is 1.50. The van der Waals surface area contributed by atoms with Crippen LogP contribution in [0.15, 0.2) is 0 Å². The molecule has 4 saturated carbocycles. The van der Waals surface area contributed by atoms with Crippen LogP contribution in [0.3, 0.4) is 0 Å². The Morgan fingerprint density at radius 2 is 1.80 bits per heavy atom. The number of hydrogen-bond donors (Lipinski definition) is 0. The van der Waals surface area contributed by atoms with Gasteiger partial charge in [-0.25, -0.2) is 0 Å². The average molecular weight is 292 g/mol. The molecule has 0 radical (unpaired) electrons. The van der Waals surface area contributed by atoms with Gasteiger partial charge < -0.3 is 0 Å². The minimum absolute atomic E-state index is 0.396. The summed E-state index contributed by atoms with van der Waals surface area (Å²) in [6, 6.07) is 0. The van der Waals surface area contributed by atoms with Crippen molar-refractivity contribution in [3.05, 3.63) is 0 Å². The first-order valence-corrected chi connectivity index (χ1v) is 9.66. The standard InChI is InChI=1S/C18H28OS/c1-16-5-13-6-17(2,10-16)12-18(7-13,11-16)8-15(19)14-3-4-20-9-14/h13-14H,3-12H2,1-2H3. The van der Waals surface area contributed by atoms with Crippen molar-refractivity contribution in [3.63, 3.8) is 0 Å². The van der Waals surface area contributed by atoms with Crippen molar-refractivity contribution in [2.45, 2.75) is 65.2 Å². The molecule has 1 aliphatic heterocycles. The van der Waals surface area contributed by atoms with Gasteiger partial charge in [-0.05, 0) is 72.9 Å². The molecule has 5 rings (SSSR count). The van der Waals surface area contributed by atoms with E-state index in [9.17, 15) is 4.79 Å². The molecule has 1 heterocycles. The van der Waals surface area contributed by atoms with Crippen LogP contribution in [0.5, 0.6) is 0 Å². The first-order chi connectivity index (χ1) is 9.40. The van der Waals surface area contributed by atoms with E-state index < -0.39 is 0 Å². The molecule has 1 nitrogen and oxygen atoms in total. The Balaban J connectivity index is 1.56. The van der Waals surface area contributed by atoms with Crippen LogP contribution >= 0.6 is 11.8 Å². The zero-order valence-electron chi connectivity index (χ0n) is 13.0. The fourth-order valence-corrected chi connectivity index (χ4v) is 8.44. The van der Waals surface area contributed by atoms with E-state index in [1.807, 2.05) is 11.8 Å². The molecule has 3 atom stereocenters. The molecule has 0 amide bonds. The van der Waals surface area contributed by atoms with Gasteiger partial charge >= 0.3 is 0 Å². The number of carbonyl (C=O) groups excluding carboxylic acids is 1. The first kappa shape index (κ1) is 13.7. The van der Waals surface area contributed by atoms with Crippen molar-refractivity contribution in [2.24, 2.45) is 28.1 Å². The second-order valence-corrected chi connectivity index (χ2v) is 10.5. The molecule has 4 bridgehead atoms. The van der Waals surface area contributed by atoms with E-state index in [-0.39, 0.29) is 0 Å². The topological polar surface area (TPSA) is 17.1 Å². The number of Topliss-reactive ketones (excluding diaryl/α,β-unsaturated/α-hetero) is 1. The zero-order chi connectivity index (χ0) is 14.0. The Hall–Kier alpha value is 0.0200. The summed E-state index contributed by atoms with van der Waals surface area (Å²) in [6.45, 7) is 5.03. The van der Waals surface area contributed by atoms with Crippen LogP contribution < -0.4 is 0 Å². The Kier molecular flexibility index (Phi) is 2.92. The lowest BCUT2D eigenvalue weighted by molar-refractivity contribution is -0.156. The number of carbonyl (C=O) groups is 1. The highest BCUT2D eigenvalue weighted by Gasteiger charge is 2.60. The monoisotopic (exact) mass is 292 g/mol. The maximum atomic E-state index is 12.7. The molecule has 5 fully saturated rings. The molecule has 0 aromatic carbocycles. The van der Waals surface area contributed by atoms with Crippen LogP contribution in [-0.2, 0) is 4.79 Å². The zero-order valence-corrected chi connectivity index (χ0v) is 13.9. The SMILES string of the molecule is CC12CC3CC(C)(C1)CC(CC(=O)C1CCSC1)(C3)C2. The Labute approximate surface area is 127 Å². The Bertz CT molecular complexity index is 419. The Morgan fingerprint density at radius 1 is 1.10 bits per heavy atom. The summed E-state index contributed by atoms with van der Waals surface area (Å²) < 4.78 is 0. The van der Waals surface area contributed by atoms with Crippen LogP contribution in [-0.4, -0.2) is 17.3 Å². The largest absolute Gasteiger partial charge is 0.299 e. The second kappa shape index (κ2) is 4.27. The third-order valence-corrected chi connectivity index (χ3v) is 7.84. The quantitative estimate of drug-likeness (QED) is 0.750. The molecular formula is C18H28OS. The molecule has 112 valence electrons. The van der Waals surface area contributed by atoms with Gasteiger partial charge in [0.2, 0.25) is 0 Å². The van der Waals surface area contributed by atoms with Crippen molar-refractivity contribution in [3.8, 4) is 0 Å². The van der Waals surface area contributed by atoms with E-state index in [0.29, 0.717) is 27.9 Å². The van der Waals surface area contributed by atoms with Gasteiger partial charge in [0.25, 0.3) is 0 Å². The molecule has 1 saturated heterocycles. The predicted molar refractivity (Wildman–Crippen MR) is 84.9 cm³/mol. The van der Waals surface area contributed by atoms with E-state index in [0.717, 1.165) is 24.5 Å². The number of thioether (sulfide) groups is 1. The summed E-state index contributed by atoms with van der Waals surface area (Å²) in [7, 11) is 0. The lowest BCUT2D eigenvalue weighted by Crippen LogP contribution is -2.55. The predicted octanol–water partition coefficient (Wildman–Crippen LogP) is 4.70. The summed E-state index contributed by atoms with van der Waals surface area (Å²) in [4.78, 5) is 12.7. The van der Waals surface area contributed by atoms with Crippen LogP contribution in [0, 0.1) is 28.1 Å². The van der Waals surface area contributed by atoms with Gasteiger partial charge in [-0.15, -0.1) is 0 Å². The van der Waals surface area contributed by atoms with E-state index in [1.165, 1.54) is 44.3 Å². The molecule has 3 unspecified atom stereocenters. The lowest BCUT2D eigenvalue weighted by Gasteiger charge is -2.65. The smallest absolute Gasteiger partial charge is 0.137 e. The van der Waals surface area contributed by atoms with Crippen molar-refractivity contribution in [1.82, 2.24) is 0 Å². The third-order valence-electron chi connectivity index (χ3n) is 6.68. The highest BCUT2D eigenvalue weighted by atomic mass is 32.2. The number of hydrogen-bond acceptors (Lipinski definition) is 2. The first-order valence-electron chi connectivity index (χ1n) is 8.50. The molecule has 20 heavy (non-hydrogen) atoms. The summed E-state index contributed by atoms with van der Waals surface area (Å²) in [6.07, 6.45) is 10.4. The second-order valence-electron chi connectivity index (χ2n) is 9.33. The highest BCUT2D eigenvalue weighted by molar-refractivity contribution is 7.99. The molecule has 4 aliphatic carbocycles. The van der Waals surface area contributed by atoms with E-state index >= 15 is 0 Å². The molecule has 0 aromatic heterocycles. The summed E-state index contributed by atoms with van der Waals surface area (Å²) in [5.74, 6) is 4.25. The van der Waals surface area contributed by atoms with E-state index in [1.54, 1.807) is 0 Å². The van der Waals surface area contributed by atoms with Gasteiger partial charge in [-0.3, -0.25) is 4.79 Å². The van der Waals surface area contributed by atoms with Gasteiger partial charge in [0.15, 0.2) is 0 Å². The molecule has 0 spiro atoms. The minimum Gasteiger partial charge on any atom is -0.299 e. The van der Waals surface area contributed by atoms with Crippen LogP contribution in [0.4, 0.5) is 0 Å². The fraction of sp³-hybridized carbons (Fsp3) is 0.944. The van der Waals surface area contributed by atoms with Gasteiger partial charge in [0.05, 0.1) is 0 Å². The number of rotatable bonds is 3. The van der Waals surface area contributed by atoms with Gasteiger partial charge in [0, 0.05) is 18.1 Å². The highest BCUT2D eigenvalue weighted by Crippen LogP contribution is 2.70. The molecule has 0 aromatic rings. The third kappa shape index (κ3) is 2.17. The maximum absolute atomic E-state index is 12.7. The molecular weight excluding hydrogens is 264 g/mol. The molecule has 2 heteroatoms. The van der Waals surface area contributed by atoms with Crippen LogP contribution in [0.2, 0.25) is 0 Å². The summed E-state index contributed by atoms with van der Waals surface area (Å²) >= 11 is 1.98. The average Bonchev–Trinajstić information content (AvgIpc) is 2.75. The van der Waals surface area contributed by atoms with Crippen molar-refractivity contribution < 1.29 is 4.79 Å². The lowest BCUT2D eigenvalue weighted by atomic mass is 9.39. The van der Waals surface area contributed by atoms with E-state index in [2.05, 4.69) is 13.8 Å². The maximum Gasteiger partial charge on any atom is 0.137 e. The molecule has 0 N–H and O–H groups in total. The fourth-order valence-electron chi connectivity index (χ4n) is 7.18. The van der Waals surface area contributed by atoms with Gasteiger partial charge in [-0.1, -0.05) is 13.8 Å². The van der Waals surface area contributed by atoms with Crippen molar-refractivity contribution >= 4 is 17.5 Å². The van der Waals surface area contributed by atoms with Crippen LogP contribution in [0.25, 0.3) is 0 Å².